The van der Waals surface area contributed by atoms with E-state index >= 15 is 0 Å². The molecule has 1 aromatic carbocycles. The van der Waals surface area contributed by atoms with Gasteiger partial charge in [0, 0.05) is 17.8 Å². The van der Waals surface area contributed by atoms with Gasteiger partial charge in [-0.2, -0.15) is 0 Å². The van der Waals surface area contributed by atoms with Crippen molar-refractivity contribution in [2.45, 2.75) is 65.3 Å². The topological polar surface area (TPSA) is 66.9 Å². The molecule has 5 heteroatoms. The van der Waals surface area contributed by atoms with Crippen molar-refractivity contribution in [1.82, 2.24) is 9.97 Å². The second-order valence-electron chi connectivity index (χ2n) is 6.92. The number of hydrogen-bond acceptors (Lipinski definition) is 4. The number of carbonyl (C=O) groups is 1. The maximum absolute atomic E-state index is 12.9. The molecule has 1 amide bonds. The van der Waals surface area contributed by atoms with Crippen molar-refractivity contribution in [3.63, 3.8) is 0 Å². The van der Waals surface area contributed by atoms with Gasteiger partial charge in [-0.3, -0.25) is 4.79 Å². The molecule has 138 valence electrons. The third-order valence-corrected chi connectivity index (χ3v) is 5.02. The maximum Gasteiger partial charge on any atom is 0.274 e. The first-order valence-electron chi connectivity index (χ1n) is 9.65. The summed E-state index contributed by atoms with van der Waals surface area (Å²) in [6, 6.07) is 8.39. The average molecular weight is 352 g/mol. The van der Waals surface area contributed by atoms with E-state index in [1.54, 1.807) is 6.07 Å². The van der Waals surface area contributed by atoms with Crippen LogP contribution < -0.4 is 10.6 Å². The van der Waals surface area contributed by atoms with Crippen LogP contribution in [0.3, 0.4) is 0 Å². The summed E-state index contributed by atoms with van der Waals surface area (Å²) in [6.45, 7) is 6.03. The Bertz CT molecular complexity index is 759. The van der Waals surface area contributed by atoms with E-state index < -0.39 is 0 Å². The predicted octanol–water partition coefficient (Wildman–Crippen LogP) is 4.52. The molecule has 0 radical (unpaired) electrons. The van der Waals surface area contributed by atoms with Crippen molar-refractivity contribution in [2.75, 3.05) is 10.6 Å². The van der Waals surface area contributed by atoms with E-state index in [4.69, 9.17) is 0 Å². The lowest BCUT2D eigenvalue weighted by atomic mass is 10.0. The first-order valence-corrected chi connectivity index (χ1v) is 9.65. The van der Waals surface area contributed by atoms with Crippen molar-refractivity contribution >= 4 is 17.4 Å². The fraction of sp³-hybridized carbons (Fsp3) is 0.476. The van der Waals surface area contributed by atoms with Crippen LogP contribution in [0.25, 0.3) is 0 Å². The highest BCUT2D eigenvalue weighted by Crippen LogP contribution is 2.24. The summed E-state index contributed by atoms with van der Waals surface area (Å²) in [5.41, 5.74) is 3.62. The normalized spacial score (nSPS) is 14.4. The summed E-state index contributed by atoms with van der Waals surface area (Å²) in [5.74, 6) is 1.17. The van der Waals surface area contributed by atoms with E-state index in [1.807, 2.05) is 13.0 Å². The number of nitrogens with one attached hydrogen (secondary N) is 2. The molecule has 26 heavy (non-hydrogen) atoms. The van der Waals surface area contributed by atoms with Crippen molar-refractivity contribution < 1.29 is 4.79 Å². The van der Waals surface area contributed by atoms with Gasteiger partial charge in [0.05, 0.1) is 0 Å². The van der Waals surface area contributed by atoms with Gasteiger partial charge in [-0.05, 0) is 43.7 Å². The summed E-state index contributed by atoms with van der Waals surface area (Å²) in [7, 11) is 0. The van der Waals surface area contributed by atoms with Gasteiger partial charge < -0.3 is 10.6 Å². The minimum absolute atomic E-state index is 0.180. The van der Waals surface area contributed by atoms with Crippen LogP contribution in [0, 0.1) is 6.92 Å². The van der Waals surface area contributed by atoms with E-state index in [9.17, 15) is 4.79 Å². The first kappa shape index (κ1) is 18.4. The second-order valence-corrected chi connectivity index (χ2v) is 6.92. The second kappa shape index (κ2) is 8.30. The van der Waals surface area contributed by atoms with Crippen LogP contribution in [-0.2, 0) is 12.8 Å². The van der Waals surface area contributed by atoms with Gasteiger partial charge in [-0.1, -0.05) is 44.9 Å². The van der Waals surface area contributed by atoms with Crippen LogP contribution in [0.4, 0.5) is 11.5 Å². The summed E-state index contributed by atoms with van der Waals surface area (Å²) in [6.07, 6.45) is 6.58. The first-order chi connectivity index (χ1) is 12.6. The molecule has 3 rings (SSSR count). The van der Waals surface area contributed by atoms with E-state index in [0.29, 0.717) is 17.6 Å². The SMILES string of the molecule is CCc1cccc(CC)c1NC(=O)c1cc(NC2CCCC2)nc(C)n1. The predicted molar refractivity (Wildman–Crippen MR) is 106 cm³/mol. The van der Waals surface area contributed by atoms with Gasteiger partial charge >= 0.3 is 0 Å². The smallest absolute Gasteiger partial charge is 0.274 e. The number of aryl methyl sites for hydroxylation is 3. The highest BCUT2D eigenvalue weighted by atomic mass is 16.1. The monoisotopic (exact) mass is 352 g/mol. The number of aromatic nitrogens is 2. The number of anilines is 2. The molecule has 0 saturated heterocycles. The number of rotatable bonds is 6. The molecule has 1 aliphatic carbocycles. The Morgan fingerprint density at radius 3 is 2.38 bits per heavy atom. The van der Waals surface area contributed by atoms with Crippen molar-refractivity contribution in [3.8, 4) is 0 Å². The van der Waals surface area contributed by atoms with Crippen LogP contribution in [-0.4, -0.2) is 21.9 Å². The van der Waals surface area contributed by atoms with Crippen LogP contribution in [0.5, 0.6) is 0 Å². The highest BCUT2D eigenvalue weighted by molar-refractivity contribution is 6.04. The minimum Gasteiger partial charge on any atom is -0.367 e. The van der Waals surface area contributed by atoms with Gasteiger partial charge in [0.15, 0.2) is 0 Å². The molecule has 0 spiro atoms. The fourth-order valence-electron chi connectivity index (χ4n) is 3.62. The quantitative estimate of drug-likeness (QED) is 0.802. The number of hydrogen-bond donors (Lipinski definition) is 2. The third kappa shape index (κ3) is 4.21. The molecule has 0 unspecified atom stereocenters. The van der Waals surface area contributed by atoms with Gasteiger partial charge in [0.2, 0.25) is 0 Å². The Morgan fingerprint density at radius 2 is 1.77 bits per heavy atom. The molecule has 1 fully saturated rings. The third-order valence-electron chi connectivity index (χ3n) is 5.02. The Hall–Kier alpha value is -2.43. The zero-order chi connectivity index (χ0) is 18.5. The Labute approximate surface area is 155 Å². The summed E-state index contributed by atoms with van der Waals surface area (Å²) in [4.78, 5) is 21.7. The lowest BCUT2D eigenvalue weighted by Crippen LogP contribution is -2.20. The van der Waals surface area contributed by atoms with Crippen LogP contribution in [0.15, 0.2) is 24.3 Å². The molecular weight excluding hydrogens is 324 g/mol. The van der Waals surface area contributed by atoms with Gasteiger partial charge in [-0.15, -0.1) is 0 Å². The molecule has 0 aliphatic heterocycles. The molecular formula is C21H28N4O. The Morgan fingerprint density at radius 1 is 1.12 bits per heavy atom. The molecule has 1 heterocycles. The Kier molecular flexibility index (Phi) is 5.86. The van der Waals surface area contributed by atoms with Gasteiger partial charge in [0.25, 0.3) is 5.91 Å². The number of nitrogens with zero attached hydrogens (tertiary/aromatic N) is 2. The highest BCUT2D eigenvalue weighted by Gasteiger charge is 2.18. The Balaban J connectivity index is 1.83. The molecule has 1 aromatic heterocycles. The molecule has 5 nitrogen and oxygen atoms in total. The van der Waals surface area contributed by atoms with Crippen molar-refractivity contribution in [2.24, 2.45) is 0 Å². The van der Waals surface area contributed by atoms with Crippen LogP contribution in [0.1, 0.15) is 67.0 Å². The fourth-order valence-corrected chi connectivity index (χ4v) is 3.62. The molecule has 1 saturated carbocycles. The van der Waals surface area contributed by atoms with Crippen molar-refractivity contribution in [1.29, 1.82) is 0 Å². The lowest BCUT2D eigenvalue weighted by Gasteiger charge is -2.16. The summed E-state index contributed by atoms with van der Waals surface area (Å²) >= 11 is 0. The van der Waals surface area contributed by atoms with E-state index in [2.05, 4.69) is 46.6 Å². The van der Waals surface area contributed by atoms with E-state index in [0.717, 1.165) is 48.3 Å². The summed E-state index contributed by atoms with van der Waals surface area (Å²) < 4.78 is 0. The van der Waals surface area contributed by atoms with Crippen LogP contribution >= 0.6 is 0 Å². The molecule has 2 aromatic rings. The maximum atomic E-state index is 12.9. The van der Waals surface area contributed by atoms with Gasteiger partial charge in [0.1, 0.15) is 17.3 Å². The van der Waals surface area contributed by atoms with Crippen molar-refractivity contribution in [3.05, 3.63) is 46.9 Å². The molecule has 0 bridgehead atoms. The average Bonchev–Trinajstić information content (AvgIpc) is 3.14. The number of carbonyl (C=O) groups excluding carboxylic acids is 1. The van der Waals surface area contributed by atoms with E-state index in [-0.39, 0.29) is 5.91 Å². The molecule has 2 N–H and O–H groups in total. The number of benzene rings is 1. The summed E-state index contributed by atoms with van der Waals surface area (Å²) in [5, 5.41) is 6.54. The zero-order valence-electron chi connectivity index (χ0n) is 15.9. The van der Waals surface area contributed by atoms with Crippen LogP contribution in [0.2, 0.25) is 0 Å². The molecule has 0 atom stereocenters. The lowest BCUT2D eigenvalue weighted by molar-refractivity contribution is 0.102. The number of para-hydroxylation sites is 1. The number of amides is 1. The largest absolute Gasteiger partial charge is 0.367 e. The minimum atomic E-state index is -0.180. The van der Waals surface area contributed by atoms with E-state index in [1.165, 1.54) is 12.8 Å². The standard InChI is InChI=1S/C21H28N4O/c1-4-15-9-8-10-16(5-2)20(15)25-21(26)18-13-19(23-14(3)22-18)24-17-11-6-7-12-17/h8-10,13,17H,4-7,11-12H2,1-3H3,(H,25,26)(H,22,23,24). The zero-order valence-corrected chi connectivity index (χ0v) is 15.9. The van der Waals surface area contributed by atoms with Gasteiger partial charge in [-0.25, -0.2) is 9.97 Å². The molecule has 1 aliphatic rings.